The van der Waals surface area contributed by atoms with Gasteiger partial charge < -0.3 is 19.5 Å². The summed E-state index contributed by atoms with van der Waals surface area (Å²) in [7, 11) is 0. The molecule has 0 spiro atoms. The smallest absolute Gasteiger partial charge is 0.335 e. The first kappa shape index (κ1) is 15.1. The molecule has 22 heavy (non-hydrogen) atoms. The molecule has 0 bridgehead atoms. The average Bonchev–Trinajstić information content (AvgIpc) is 2.90. The lowest BCUT2D eigenvalue weighted by molar-refractivity contribution is -0.162. The van der Waals surface area contributed by atoms with Gasteiger partial charge in [-0.3, -0.25) is 4.79 Å². The second-order valence-electron chi connectivity index (χ2n) is 5.42. The second kappa shape index (κ2) is 5.40. The van der Waals surface area contributed by atoms with Gasteiger partial charge in [0.25, 0.3) is 5.91 Å². The van der Waals surface area contributed by atoms with Crippen molar-refractivity contribution >= 4 is 38.8 Å². The maximum absolute atomic E-state index is 12.4. The zero-order valence-corrected chi connectivity index (χ0v) is 13.2. The summed E-state index contributed by atoms with van der Waals surface area (Å²) >= 11 is 3.36. The predicted octanol–water partition coefficient (Wildman–Crippen LogP) is 2.25. The Balaban J connectivity index is 1.78. The zero-order chi connectivity index (χ0) is 15.9. The van der Waals surface area contributed by atoms with E-state index in [2.05, 4.69) is 15.9 Å². The van der Waals surface area contributed by atoms with E-state index in [1.165, 1.54) is 4.90 Å². The van der Waals surface area contributed by atoms with Crippen LogP contribution in [-0.2, 0) is 4.79 Å². The van der Waals surface area contributed by atoms with Crippen LogP contribution in [0.2, 0.25) is 0 Å². The average molecular weight is 368 g/mol. The molecular formula is C15H14BrNO5. The Morgan fingerprint density at radius 1 is 1.23 bits per heavy atom. The molecule has 0 saturated carbocycles. The van der Waals surface area contributed by atoms with E-state index < -0.39 is 11.6 Å². The van der Waals surface area contributed by atoms with E-state index in [9.17, 15) is 14.7 Å². The number of aliphatic hydroxyl groups is 1. The topological polar surface area (TPSA) is 91.0 Å². The molecule has 0 atom stereocenters. The molecule has 3 rings (SSSR count). The highest BCUT2D eigenvalue weighted by molar-refractivity contribution is 9.10. The van der Waals surface area contributed by atoms with Crippen LogP contribution in [-0.4, -0.2) is 45.7 Å². The normalized spacial score (nSPS) is 17.6. The van der Waals surface area contributed by atoms with Crippen LogP contribution in [0, 0.1) is 0 Å². The molecule has 1 fully saturated rings. The molecule has 1 aromatic heterocycles. The Bertz CT molecular complexity index is 745. The van der Waals surface area contributed by atoms with Gasteiger partial charge in [0, 0.05) is 35.8 Å². The van der Waals surface area contributed by atoms with Crippen molar-refractivity contribution in [2.75, 3.05) is 13.1 Å². The number of carbonyl (C=O) groups excluding carboxylic acids is 1. The number of hydrogen-bond acceptors (Lipinski definition) is 4. The number of halogens is 1. The lowest BCUT2D eigenvalue weighted by atomic mass is 9.91. The van der Waals surface area contributed by atoms with Crippen LogP contribution >= 0.6 is 15.9 Å². The number of rotatable bonds is 2. The van der Waals surface area contributed by atoms with E-state index in [4.69, 9.17) is 9.52 Å². The summed E-state index contributed by atoms with van der Waals surface area (Å²) in [4.78, 5) is 24.9. The third-order valence-corrected chi connectivity index (χ3v) is 4.46. The summed E-state index contributed by atoms with van der Waals surface area (Å²) in [6, 6.07) is 7.12. The number of benzene rings is 1. The van der Waals surface area contributed by atoms with Gasteiger partial charge in [0.2, 0.25) is 0 Å². The Morgan fingerprint density at radius 3 is 2.55 bits per heavy atom. The number of nitrogens with zero attached hydrogens (tertiary/aromatic N) is 1. The molecule has 1 amide bonds. The van der Waals surface area contributed by atoms with E-state index in [0.717, 1.165) is 9.86 Å². The summed E-state index contributed by atoms with van der Waals surface area (Å²) in [5.41, 5.74) is -1.12. The summed E-state index contributed by atoms with van der Waals surface area (Å²) < 4.78 is 6.44. The minimum atomic E-state index is -1.74. The van der Waals surface area contributed by atoms with Crippen LogP contribution in [0.25, 0.3) is 11.0 Å². The highest BCUT2D eigenvalue weighted by atomic mass is 79.9. The molecule has 7 heteroatoms. The summed E-state index contributed by atoms with van der Waals surface area (Å²) in [5.74, 6) is -1.32. The first-order valence-electron chi connectivity index (χ1n) is 6.83. The van der Waals surface area contributed by atoms with Gasteiger partial charge in [0.05, 0.1) is 0 Å². The first-order chi connectivity index (χ1) is 10.4. The third kappa shape index (κ3) is 2.62. The quantitative estimate of drug-likeness (QED) is 0.849. The number of piperidine rings is 1. The van der Waals surface area contributed by atoms with Gasteiger partial charge >= 0.3 is 5.97 Å². The maximum atomic E-state index is 12.4. The fourth-order valence-electron chi connectivity index (χ4n) is 2.57. The van der Waals surface area contributed by atoms with Crippen LogP contribution in [0.5, 0.6) is 0 Å². The lowest BCUT2D eigenvalue weighted by Gasteiger charge is -2.34. The Morgan fingerprint density at radius 2 is 1.91 bits per heavy atom. The van der Waals surface area contributed by atoms with Gasteiger partial charge in [0.1, 0.15) is 5.58 Å². The van der Waals surface area contributed by atoms with Gasteiger partial charge in [-0.1, -0.05) is 15.9 Å². The third-order valence-electron chi connectivity index (χ3n) is 3.97. The SMILES string of the molecule is O=C(c1cc2cc(Br)ccc2o1)N1CCC(O)(C(=O)O)CC1. The highest BCUT2D eigenvalue weighted by Gasteiger charge is 2.40. The van der Waals surface area contributed by atoms with Crippen molar-refractivity contribution in [3.8, 4) is 0 Å². The highest BCUT2D eigenvalue weighted by Crippen LogP contribution is 2.27. The molecule has 1 saturated heterocycles. The number of furan rings is 1. The Kier molecular flexibility index (Phi) is 3.70. The van der Waals surface area contributed by atoms with Crippen LogP contribution < -0.4 is 0 Å². The van der Waals surface area contributed by atoms with Gasteiger partial charge in [-0.15, -0.1) is 0 Å². The molecule has 116 valence electrons. The molecule has 1 aromatic carbocycles. The van der Waals surface area contributed by atoms with E-state index in [-0.39, 0.29) is 37.6 Å². The molecule has 0 aliphatic carbocycles. The molecule has 6 nitrogen and oxygen atoms in total. The van der Waals surface area contributed by atoms with Gasteiger partial charge in [-0.25, -0.2) is 4.79 Å². The number of amides is 1. The van der Waals surface area contributed by atoms with Crippen molar-refractivity contribution in [1.29, 1.82) is 0 Å². The van der Waals surface area contributed by atoms with Crippen molar-refractivity contribution < 1.29 is 24.2 Å². The Hall–Kier alpha value is -1.86. The lowest BCUT2D eigenvalue weighted by Crippen LogP contribution is -2.50. The van der Waals surface area contributed by atoms with E-state index in [1.807, 2.05) is 12.1 Å². The standard InChI is InChI=1S/C15H14BrNO5/c16-10-1-2-11-9(7-10)8-12(22-11)13(18)17-5-3-15(21,4-6-17)14(19)20/h1-2,7-8,21H,3-6H2,(H,19,20). The van der Waals surface area contributed by atoms with Crippen molar-refractivity contribution in [3.05, 3.63) is 34.5 Å². The maximum Gasteiger partial charge on any atom is 0.335 e. The molecule has 0 unspecified atom stereocenters. The number of hydrogen-bond donors (Lipinski definition) is 2. The number of fused-ring (bicyclic) bond motifs is 1. The van der Waals surface area contributed by atoms with Gasteiger partial charge in [-0.2, -0.15) is 0 Å². The number of carboxylic acid groups (broad SMARTS) is 1. The van der Waals surface area contributed by atoms with Crippen molar-refractivity contribution in [3.63, 3.8) is 0 Å². The molecule has 0 radical (unpaired) electrons. The number of carbonyl (C=O) groups is 2. The minimum Gasteiger partial charge on any atom is -0.479 e. The number of likely N-dealkylation sites (tertiary alicyclic amines) is 1. The molecular weight excluding hydrogens is 354 g/mol. The number of aliphatic carboxylic acids is 1. The largest absolute Gasteiger partial charge is 0.479 e. The second-order valence-corrected chi connectivity index (χ2v) is 6.34. The van der Waals surface area contributed by atoms with Crippen molar-refractivity contribution in [1.82, 2.24) is 4.90 Å². The van der Waals surface area contributed by atoms with Crippen LogP contribution in [0.4, 0.5) is 0 Å². The van der Waals surface area contributed by atoms with Crippen LogP contribution in [0.15, 0.2) is 33.2 Å². The molecule has 2 aromatic rings. The van der Waals surface area contributed by atoms with Gasteiger partial charge in [0.15, 0.2) is 11.4 Å². The van der Waals surface area contributed by atoms with Gasteiger partial charge in [-0.05, 0) is 24.3 Å². The number of carboxylic acids is 1. The van der Waals surface area contributed by atoms with Crippen LogP contribution in [0.1, 0.15) is 23.4 Å². The molecule has 1 aliphatic rings. The first-order valence-corrected chi connectivity index (χ1v) is 7.62. The summed E-state index contributed by atoms with van der Waals surface area (Å²) in [6.45, 7) is 0.366. The van der Waals surface area contributed by atoms with Crippen molar-refractivity contribution in [2.24, 2.45) is 0 Å². The summed E-state index contributed by atoms with van der Waals surface area (Å²) in [6.07, 6.45) is 0.0275. The Labute approximate surface area is 134 Å². The van der Waals surface area contributed by atoms with E-state index in [1.54, 1.807) is 12.1 Å². The fourth-order valence-corrected chi connectivity index (χ4v) is 2.95. The molecule has 2 heterocycles. The fraction of sp³-hybridized carbons (Fsp3) is 0.333. The molecule has 2 N–H and O–H groups in total. The van der Waals surface area contributed by atoms with E-state index >= 15 is 0 Å². The minimum absolute atomic E-state index is 0.0137. The van der Waals surface area contributed by atoms with Crippen LogP contribution in [0.3, 0.4) is 0 Å². The monoisotopic (exact) mass is 367 g/mol. The summed E-state index contributed by atoms with van der Waals surface area (Å²) in [5, 5.41) is 19.7. The predicted molar refractivity (Wildman–Crippen MR) is 81.6 cm³/mol. The molecule has 1 aliphatic heterocycles. The zero-order valence-electron chi connectivity index (χ0n) is 11.6. The van der Waals surface area contributed by atoms with E-state index in [0.29, 0.717) is 5.58 Å². The van der Waals surface area contributed by atoms with Crippen molar-refractivity contribution in [2.45, 2.75) is 18.4 Å².